The minimum atomic E-state index is -2.33. The highest BCUT2D eigenvalue weighted by Gasteiger charge is 2.21. The summed E-state index contributed by atoms with van der Waals surface area (Å²) in [5, 5.41) is 4.38. The Morgan fingerprint density at radius 2 is 1.52 bits per heavy atom. The zero-order valence-electron chi connectivity index (χ0n) is 15.5. The standard InChI is InChI=1S/C23H21N2OP/c1-3-27(26,4-2)16-13-14-18-19(15-16)17-9-5-7-11-21(17)25-22-12-8-6-10-20(22)24-23(18)25/h5-15H,3-4H2,1-2H3. The first-order valence-corrected chi connectivity index (χ1v) is 11.5. The molecule has 0 radical (unpaired) electrons. The molecule has 0 bridgehead atoms. The van der Waals surface area contributed by atoms with Gasteiger partial charge in [0, 0.05) is 28.4 Å². The quantitative estimate of drug-likeness (QED) is 0.295. The van der Waals surface area contributed by atoms with Gasteiger partial charge in [-0.3, -0.25) is 4.40 Å². The van der Waals surface area contributed by atoms with E-state index in [0.29, 0.717) is 12.3 Å². The van der Waals surface area contributed by atoms with Crippen molar-refractivity contribution in [1.29, 1.82) is 0 Å². The lowest BCUT2D eigenvalue weighted by Gasteiger charge is -2.16. The molecule has 5 rings (SSSR count). The lowest BCUT2D eigenvalue weighted by molar-refractivity contribution is 0.582. The van der Waals surface area contributed by atoms with Crippen LogP contribution in [0.1, 0.15) is 13.8 Å². The third-order valence-electron chi connectivity index (χ3n) is 5.73. The third kappa shape index (κ3) is 2.28. The fourth-order valence-corrected chi connectivity index (χ4v) is 6.03. The van der Waals surface area contributed by atoms with E-state index in [0.717, 1.165) is 38.3 Å². The van der Waals surface area contributed by atoms with Crippen molar-refractivity contribution in [3.05, 3.63) is 66.7 Å². The molecule has 3 aromatic carbocycles. The summed E-state index contributed by atoms with van der Waals surface area (Å²) in [7, 11) is -2.33. The van der Waals surface area contributed by atoms with Gasteiger partial charge in [0.1, 0.15) is 12.8 Å². The van der Waals surface area contributed by atoms with E-state index >= 15 is 0 Å². The van der Waals surface area contributed by atoms with E-state index in [2.05, 4.69) is 59.0 Å². The molecule has 134 valence electrons. The van der Waals surface area contributed by atoms with Crippen LogP contribution in [0.2, 0.25) is 0 Å². The molecule has 0 spiro atoms. The number of aromatic nitrogens is 2. The molecule has 4 heteroatoms. The molecule has 0 N–H and O–H groups in total. The van der Waals surface area contributed by atoms with Crippen LogP contribution in [-0.4, -0.2) is 21.7 Å². The summed E-state index contributed by atoms with van der Waals surface area (Å²) in [4.78, 5) is 4.92. The van der Waals surface area contributed by atoms with E-state index in [4.69, 9.17) is 4.98 Å². The maximum Gasteiger partial charge on any atom is 0.146 e. The molecule has 3 nitrogen and oxygen atoms in total. The smallest absolute Gasteiger partial charge is 0.146 e. The number of nitrogens with zero attached hydrogens (tertiary/aromatic N) is 2. The average molecular weight is 372 g/mol. The van der Waals surface area contributed by atoms with Crippen LogP contribution in [0.25, 0.3) is 38.4 Å². The Labute approximate surface area is 158 Å². The monoisotopic (exact) mass is 372 g/mol. The summed E-state index contributed by atoms with van der Waals surface area (Å²) in [5.74, 6) is 0. The second-order valence-electron chi connectivity index (χ2n) is 7.03. The molecule has 0 aliphatic heterocycles. The lowest BCUT2D eigenvalue weighted by atomic mass is 10.1. The molecule has 5 aromatic rings. The maximum absolute atomic E-state index is 13.3. The van der Waals surface area contributed by atoms with Crippen LogP contribution in [0, 0.1) is 0 Å². The zero-order chi connectivity index (χ0) is 18.6. The Hall–Kier alpha value is -2.64. The molecular formula is C23H21N2OP. The summed E-state index contributed by atoms with van der Waals surface area (Å²) in [6, 6.07) is 23.0. The van der Waals surface area contributed by atoms with Crippen LogP contribution >= 0.6 is 7.14 Å². The van der Waals surface area contributed by atoms with Crippen LogP contribution in [-0.2, 0) is 4.57 Å². The normalized spacial score (nSPS) is 12.5. The van der Waals surface area contributed by atoms with Crippen LogP contribution in [0.5, 0.6) is 0 Å². The lowest BCUT2D eigenvalue weighted by Crippen LogP contribution is -2.08. The molecule has 2 aromatic heterocycles. The molecule has 27 heavy (non-hydrogen) atoms. The van der Waals surface area contributed by atoms with Gasteiger partial charge in [-0.1, -0.05) is 50.2 Å². The van der Waals surface area contributed by atoms with E-state index in [1.54, 1.807) is 0 Å². The van der Waals surface area contributed by atoms with Gasteiger partial charge in [-0.2, -0.15) is 0 Å². The first kappa shape index (κ1) is 16.5. The van der Waals surface area contributed by atoms with Crippen molar-refractivity contribution in [3.8, 4) is 0 Å². The van der Waals surface area contributed by atoms with Gasteiger partial charge in [0.2, 0.25) is 0 Å². The van der Waals surface area contributed by atoms with E-state index in [-0.39, 0.29) is 0 Å². The Kier molecular flexibility index (Phi) is 3.63. The zero-order valence-corrected chi connectivity index (χ0v) is 16.4. The Balaban J connectivity index is 2.01. The molecule has 0 unspecified atom stereocenters. The highest BCUT2D eigenvalue weighted by atomic mass is 31.2. The predicted octanol–water partition coefficient (Wildman–Crippen LogP) is 5.82. The molecular weight excluding hydrogens is 351 g/mol. The van der Waals surface area contributed by atoms with Crippen LogP contribution in [0.3, 0.4) is 0 Å². The number of hydrogen-bond acceptors (Lipinski definition) is 2. The van der Waals surface area contributed by atoms with Gasteiger partial charge in [-0.15, -0.1) is 0 Å². The highest BCUT2D eigenvalue weighted by molar-refractivity contribution is 7.71. The second kappa shape index (κ2) is 5.94. The van der Waals surface area contributed by atoms with Gasteiger partial charge in [0.05, 0.1) is 16.6 Å². The van der Waals surface area contributed by atoms with E-state index in [1.165, 1.54) is 5.39 Å². The topological polar surface area (TPSA) is 34.4 Å². The van der Waals surface area contributed by atoms with Crippen LogP contribution in [0.4, 0.5) is 0 Å². The van der Waals surface area contributed by atoms with Gasteiger partial charge in [0.15, 0.2) is 0 Å². The first-order chi connectivity index (χ1) is 13.2. The summed E-state index contributed by atoms with van der Waals surface area (Å²) in [6.45, 7) is 4.05. The number of fused-ring (bicyclic) bond motifs is 8. The fraction of sp³-hybridized carbons (Fsp3) is 0.174. The number of hydrogen-bond donors (Lipinski definition) is 0. The number of pyridine rings is 1. The van der Waals surface area contributed by atoms with Crippen molar-refractivity contribution in [2.75, 3.05) is 12.3 Å². The van der Waals surface area contributed by atoms with Gasteiger partial charge >= 0.3 is 0 Å². The average Bonchev–Trinajstić information content (AvgIpc) is 3.13. The van der Waals surface area contributed by atoms with Crippen molar-refractivity contribution in [3.63, 3.8) is 0 Å². The van der Waals surface area contributed by atoms with Crippen molar-refractivity contribution in [2.45, 2.75) is 13.8 Å². The molecule has 0 fully saturated rings. The predicted molar refractivity (Wildman–Crippen MR) is 116 cm³/mol. The Bertz CT molecular complexity index is 1380. The third-order valence-corrected chi connectivity index (χ3v) is 8.99. The first-order valence-electron chi connectivity index (χ1n) is 9.46. The number of para-hydroxylation sites is 3. The highest BCUT2D eigenvalue weighted by Crippen LogP contribution is 2.44. The molecule has 0 amide bonds. The largest absolute Gasteiger partial charge is 0.319 e. The number of benzene rings is 3. The van der Waals surface area contributed by atoms with Gasteiger partial charge in [-0.05, 0) is 35.7 Å². The Morgan fingerprint density at radius 1 is 0.815 bits per heavy atom. The van der Waals surface area contributed by atoms with E-state index in [9.17, 15) is 4.57 Å². The maximum atomic E-state index is 13.3. The molecule has 0 saturated heterocycles. The minimum absolute atomic E-state index is 0.697. The second-order valence-corrected chi connectivity index (χ2v) is 10.6. The minimum Gasteiger partial charge on any atom is -0.319 e. The van der Waals surface area contributed by atoms with Crippen LogP contribution < -0.4 is 5.30 Å². The van der Waals surface area contributed by atoms with Crippen molar-refractivity contribution < 1.29 is 4.57 Å². The molecule has 0 saturated carbocycles. The summed E-state index contributed by atoms with van der Waals surface area (Å²) in [6.07, 6.45) is 1.39. The molecule has 0 aliphatic rings. The number of imidazole rings is 1. The number of rotatable bonds is 3. The van der Waals surface area contributed by atoms with Gasteiger partial charge in [-0.25, -0.2) is 4.98 Å². The molecule has 2 heterocycles. The fourth-order valence-electron chi connectivity index (χ4n) is 4.14. The van der Waals surface area contributed by atoms with Crippen LogP contribution in [0.15, 0.2) is 66.7 Å². The summed E-state index contributed by atoms with van der Waals surface area (Å²) < 4.78 is 15.6. The van der Waals surface area contributed by atoms with Crippen molar-refractivity contribution in [2.24, 2.45) is 0 Å². The van der Waals surface area contributed by atoms with Gasteiger partial charge < -0.3 is 4.57 Å². The SMILES string of the molecule is CCP(=O)(CC)c1ccc2c(c1)c1ccccc1n1c3ccccc3nc21. The van der Waals surface area contributed by atoms with Crippen molar-refractivity contribution >= 4 is 50.8 Å². The van der Waals surface area contributed by atoms with E-state index < -0.39 is 7.14 Å². The Morgan fingerprint density at radius 3 is 2.30 bits per heavy atom. The van der Waals surface area contributed by atoms with Crippen molar-refractivity contribution in [1.82, 2.24) is 9.38 Å². The van der Waals surface area contributed by atoms with Gasteiger partial charge in [0.25, 0.3) is 0 Å². The summed E-state index contributed by atoms with van der Waals surface area (Å²) in [5.41, 5.74) is 4.20. The van der Waals surface area contributed by atoms with E-state index in [1.807, 2.05) is 26.0 Å². The molecule has 0 atom stereocenters. The summed E-state index contributed by atoms with van der Waals surface area (Å²) >= 11 is 0. The molecule has 0 aliphatic carbocycles.